The van der Waals surface area contributed by atoms with E-state index in [0.717, 1.165) is 16.6 Å². The molecule has 200 valence electrons. The van der Waals surface area contributed by atoms with Crippen LogP contribution in [-0.4, -0.2) is 41.2 Å². The number of benzene rings is 1. The Morgan fingerprint density at radius 3 is 2.79 bits per heavy atom. The number of carbonyl (C=O) groups excluding carboxylic acids is 1. The zero-order valence-electron chi connectivity index (χ0n) is 21.6. The molecule has 1 aromatic carbocycles. The number of aromatic nitrogens is 6. The Morgan fingerprint density at radius 1 is 1.21 bits per heavy atom. The predicted octanol–water partition coefficient (Wildman–Crippen LogP) is 3.42. The molecule has 12 heteroatoms. The molecule has 0 saturated heterocycles. The van der Waals surface area contributed by atoms with Crippen LogP contribution in [0.4, 0.5) is 11.6 Å². The minimum absolute atomic E-state index is 0.0128. The van der Waals surface area contributed by atoms with Gasteiger partial charge in [-0.3, -0.25) is 23.7 Å². The first-order valence-electron chi connectivity index (χ1n) is 12.6. The van der Waals surface area contributed by atoms with Crippen molar-refractivity contribution >= 4 is 51.3 Å². The molecule has 0 bridgehead atoms. The second-order valence-electron chi connectivity index (χ2n) is 9.69. The van der Waals surface area contributed by atoms with E-state index >= 15 is 0 Å². The number of hydrogen-bond acceptors (Lipinski definition) is 7. The lowest BCUT2D eigenvalue weighted by atomic mass is 10.2. The number of anilines is 2. The van der Waals surface area contributed by atoms with Gasteiger partial charge in [0.2, 0.25) is 5.95 Å². The second kappa shape index (κ2) is 9.42. The van der Waals surface area contributed by atoms with Gasteiger partial charge in [-0.1, -0.05) is 17.7 Å². The van der Waals surface area contributed by atoms with E-state index in [1.54, 1.807) is 43.9 Å². The molecule has 0 radical (unpaired) electrons. The average Bonchev–Trinajstić information content (AvgIpc) is 3.51. The number of carbonyl (C=O) groups is 1. The number of halogens is 1. The van der Waals surface area contributed by atoms with Gasteiger partial charge in [0, 0.05) is 59.2 Å². The molecular weight excluding hydrogens is 522 g/mol. The van der Waals surface area contributed by atoms with Gasteiger partial charge in [0.05, 0.1) is 19.1 Å². The Balaban J connectivity index is 1.32. The van der Waals surface area contributed by atoms with Crippen LogP contribution in [0.5, 0.6) is 0 Å². The van der Waals surface area contributed by atoms with Crippen molar-refractivity contribution in [1.29, 1.82) is 0 Å². The maximum absolute atomic E-state index is 13.5. The third-order valence-corrected chi connectivity index (χ3v) is 7.48. The number of nitrogens with one attached hydrogen (secondary N) is 2. The van der Waals surface area contributed by atoms with Crippen molar-refractivity contribution in [3.8, 4) is 0 Å². The molecule has 1 aliphatic rings. The number of hydrogen-bond donors (Lipinski definition) is 2. The summed E-state index contributed by atoms with van der Waals surface area (Å²) < 4.78 is 9.31. The minimum atomic E-state index is -0.480. The van der Waals surface area contributed by atoms with Gasteiger partial charge >= 0.3 is 11.7 Å². The Hall–Kier alpha value is -4.38. The van der Waals surface area contributed by atoms with Crippen LogP contribution in [0.3, 0.4) is 0 Å². The van der Waals surface area contributed by atoms with Crippen LogP contribution >= 0.6 is 11.6 Å². The molecule has 1 aliphatic carbocycles. The quantitative estimate of drug-likeness (QED) is 0.299. The van der Waals surface area contributed by atoms with Crippen LogP contribution in [0.1, 0.15) is 30.7 Å². The molecule has 0 amide bonds. The van der Waals surface area contributed by atoms with Crippen LogP contribution in [0.25, 0.3) is 22.1 Å². The number of pyridine rings is 1. The van der Waals surface area contributed by atoms with Crippen LogP contribution in [-0.2, 0) is 30.2 Å². The lowest BCUT2D eigenvalue weighted by Gasteiger charge is -2.08. The molecule has 2 atom stereocenters. The van der Waals surface area contributed by atoms with Crippen LogP contribution in [0, 0.1) is 5.92 Å². The number of H-pyrrole nitrogens is 1. The van der Waals surface area contributed by atoms with E-state index in [2.05, 4.69) is 20.3 Å². The summed E-state index contributed by atoms with van der Waals surface area (Å²) in [6.07, 6.45) is 2.36. The average molecular weight is 548 g/mol. The third-order valence-electron chi connectivity index (χ3n) is 7.15. The largest absolute Gasteiger partial charge is 0.466 e. The van der Waals surface area contributed by atoms with Gasteiger partial charge < -0.3 is 19.6 Å². The Kier molecular flexibility index (Phi) is 6.02. The number of nitrogens with zero attached hydrogens (tertiary/aromatic N) is 5. The van der Waals surface area contributed by atoms with Gasteiger partial charge in [-0.2, -0.15) is 4.98 Å². The fraction of sp³-hybridized carbons (Fsp3) is 0.296. The van der Waals surface area contributed by atoms with Crippen molar-refractivity contribution in [2.24, 2.45) is 20.0 Å². The summed E-state index contributed by atoms with van der Waals surface area (Å²) in [6, 6.07) is 11.0. The van der Waals surface area contributed by atoms with Crippen LogP contribution < -0.4 is 16.6 Å². The minimum Gasteiger partial charge on any atom is -0.466 e. The molecule has 5 aromatic rings. The molecule has 1 saturated carbocycles. The predicted molar refractivity (Wildman–Crippen MR) is 148 cm³/mol. The first kappa shape index (κ1) is 24.9. The van der Waals surface area contributed by atoms with E-state index in [4.69, 9.17) is 16.3 Å². The number of esters is 1. The van der Waals surface area contributed by atoms with E-state index in [0.29, 0.717) is 35.4 Å². The van der Waals surface area contributed by atoms with Crippen molar-refractivity contribution in [2.75, 3.05) is 11.9 Å². The molecule has 1 fully saturated rings. The smallest absolute Gasteiger partial charge is 0.332 e. The van der Waals surface area contributed by atoms with Crippen LogP contribution in [0.15, 0.2) is 52.2 Å². The zero-order chi connectivity index (χ0) is 27.4. The molecule has 6 rings (SSSR count). The van der Waals surface area contributed by atoms with E-state index < -0.39 is 11.2 Å². The lowest BCUT2D eigenvalue weighted by Crippen LogP contribution is -2.39. The van der Waals surface area contributed by atoms with E-state index in [-0.39, 0.29) is 35.5 Å². The maximum atomic E-state index is 13.5. The summed E-state index contributed by atoms with van der Waals surface area (Å²) >= 11 is 6.30. The van der Waals surface area contributed by atoms with Gasteiger partial charge in [0.15, 0.2) is 11.2 Å². The summed E-state index contributed by atoms with van der Waals surface area (Å²) in [5.41, 5.74) is 2.61. The monoisotopic (exact) mass is 547 g/mol. The highest BCUT2D eigenvalue weighted by Crippen LogP contribution is 2.47. The Bertz CT molecular complexity index is 1880. The third kappa shape index (κ3) is 4.28. The highest BCUT2D eigenvalue weighted by Gasteiger charge is 2.46. The summed E-state index contributed by atoms with van der Waals surface area (Å²) in [7, 11) is 3.31. The molecule has 2 unspecified atom stereocenters. The summed E-state index contributed by atoms with van der Waals surface area (Å²) in [4.78, 5) is 51.0. The van der Waals surface area contributed by atoms with Crippen molar-refractivity contribution in [1.82, 2.24) is 28.7 Å². The Morgan fingerprint density at radius 2 is 2.03 bits per heavy atom. The van der Waals surface area contributed by atoms with Gasteiger partial charge in [-0.05, 0) is 43.7 Å². The van der Waals surface area contributed by atoms with Gasteiger partial charge in [0.25, 0.3) is 5.56 Å². The second-order valence-corrected chi connectivity index (χ2v) is 10.1. The first-order chi connectivity index (χ1) is 18.8. The highest BCUT2D eigenvalue weighted by atomic mass is 35.5. The van der Waals surface area contributed by atoms with E-state index in [1.807, 2.05) is 24.3 Å². The fourth-order valence-corrected chi connectivity index (χ4v) is 5.24. The van der Waals surface area contributed by atoms with Crippen molar-refractivity contribution < 1.29 is 9.53 Å². The van der Waals surface area contributed by atoms with Crippen molar-refractivity contribution in [3.05, 3.63) is 79.8 Å². The number of rotatable bonds is 7. The molecule has 0 spiro atoms. The van der Waals surface area contributed by atoms with Crippen molar-refractivity contribution in [3.63, 3.8) is 0 Å². The van der Waals surface area contributed by atoms with E-state index in [9.17, 15) is 14.4 Å². The first-order valence-corrected chi connectivity index (χ1v) is 13.0. The van der Waals surface area contributed by atoms with Crippen molar-refractivity contribution in [2.45, 2.75) is 25.8 Å². The highest BCUT2D eigenvalue weighted by molar-refractivity contribution is 6.35. The number of aryl methyl sites for hydroxylation is 2. The molecule has 11 nitrogen and oxygen atoms in total. The molecule has 2 N–H and O–H groups in total. The van der Waals surface area contributed by atoms with E-state index in [1.165, 1.54) is 9.13 Å². The normalized spacial score (nSPS) is 16.6. The fourth-order valence-electron chi connectivity index (χ4n) is 5.02. The molecule has 0 aliphatic heterocycles. The molecule has 4 heterocycles. The van der Waals surface area contributed by atoms with Gasteiger partial charge in [0.1, 0.15) is 0 Å². The lowest BCUT2D eigenvalue weighted by molar-refractivity contribution is -0.144. The standard InChI is InChI=1S/C27H26ClN7O4/c1-4-39-25(37)17-12-16(17)21-11-14(8-9-29-21)31-26-32-23-22(33(26)2)24(36)35(27(38)34(23)3)13-15-10-18-19(28)6-5-7-20(18)30-15/h5-11,16-17,30H,4,12-13H2,1-3H3,(H,29,31,32). The molecule has 39 heavy (non-hydrogen) atoms. The number of ether oxygens (including phenoxy) is 1. The van der Waals surface area contributed by atoms with Crippen LogP contribution in [0.2, 0.25) is 5.02 Å². The maximum Gasteiger partial charge on any atom is 0.332 e. The summed E-state index contributed by atoms with van der Waals surface area (Å²) in [6.45, 7) is 2.19. The van der Waals surface area contributed by atoms with Gasteiger partial charge in [-0.25, -0.2) is 4.79 Å². The number of aromatic amines is 1. The zero-order valence-corrected chi connectivity index (χ0v) is 22.3. The Labute approximate surface area is 227 Å². The molecule has 4 aromatic heterocycles. The summed E-state index contributed by atoms with van der Waals surface area (Å²) in [5, 5.41) is 4.64. The number of imidazole rings is 1. The number of fused-ring (bicyclic) bond motifs is 2. The topological polar surface area (TPSA) is 129 Å². The molecular formula is C27H26ClN7O4. The van der Waals surface area contributed by atoms with Gasteiger partial charge in [-0.15, -0.1) is 0 Å². The summed E-state index contributed by atoms with van der Waals surface area (Å²) in [5.74, 6) is 0.0245. The SMILES string of the molecule is CCOC(=O)C1CC1c1cc(Nc2nc3c(c(=O)n(Cc4cc5c(Cl)cccc5[nH]4)c(=O)n3C)n2C)ccn1.